The van der Waals surface area contributed by atoms with E-state index >= 15 is 0 Å². The molecule has 0 saturated carbocycles. The Balaban J connectivity index is 1.57. The molecular formula is C20H19FN4O2S. The van der Waals surface area contributed by atoms with Crippen LogP contribution in [-0.2, 0) is 17.6 Å². The number of carbonyl (C=O) groups excluding carboxylic acids is 1. The quantitative estimate of drug-likeness (QED) is 0.542. The molecule has 0 fully saturated rings. The van der Waals surface area contributed by atoms with Gasteiger partial charge in [-0.2, -0.15) is 5.10 Å². The third kappa shape index (κ3) is 3.35. The monoisotopic (exact) mass is 398 g/mol. The second kappa shape index (κ2) is 7.63. The number of rotatable bonds is 4. The smallest absolute Gasteiger partial charge is 0.263 e. The Hall–Kier alpha value is -2.87. The van der Waals surface area contributed by atoms with Gasteiger partial charge < -0.3 is 0 Å². The van der Waals surface area contributed by atoms with Crippen LogP contribution in [0.3, 0.4) is 0 Å². The lowest BCUT2D eigenvalue weighted by Gasteiger charge is -2.14. The second-order valence-electron chi connectivity index (χ2n) is 6.78. The lowest BCUT2D eigenvalue weighted by atomic mass is 9.97. The number of fused-ring (bicyclic) bond motifs is 3. The van der Waals surface area contributed by atoms with Gasteiger partial charge in [0.05, 0.1) is 17.9 Å². The molecule has 1 aromatic carbocycles. The zero-order valence-electron chi connectivity index (χ0n) is 15.3. The zero-order valence-corrected chi connectivity index (χ0v) is 16.1. The molecule has 1 amide bonds. The van der Waals surface area contributed by atoms with Crippen molar-refractivity contribution in [1.82, 2.24) is 15.0 Å². The third-order valence-corrected chi connectivity index (χ3v) is 6.18. The number of aryl methyl sites for hydroxylation is 2. The number of hydrazone groups is 1. The minimum atomic E-state index is -0.790. The van der Waals surface area contributed by atoms with E-state index in [9.17, 15) is 14.0 Å². The maximum Gasteiger partial charge on any atom is 0.263 e. The van der Waals surface area contributed by atoms with E-state index in [0.717, 1.165) is 36.1 Å². The van der Waals surface area contributed by atoms with Gasteiger partial charge in [-0.15, -0.1) is 11.3 Å². The number of nitrogens with zero attached hydrogens (tertiary/aromatic N) is 3. The Morgan fingerprint density at radius 1 is 1.36 bits per heavy atom. The van der Waals surface area contributed by atoms with E-state index in [1.54, 1.807) is 36.5 Å². The fourth-order valence-corrected chi connectivity index (χ4v) is 4.62. The molecule has 2 heterocycles. The average Bonchev–Trinajstić information content (AvgIpc) is 3.08. The normalized spacial score (nSPS) is 14.9. The molecule has 6 nitrogen and oxygen atoms in total. The van der Waals surface area contributed by atoms with Crippen LogP contribution in [-0.4, -0.2) is 21.7 Å². The summed E-state index contributed by atoms with van der Waals surface area (Å²) in [4.78, 5) is 31.8. The Morgan fingerprint density at radius 2 is 2.14 bits per heavy atom. The first-order chi connectivity index (χ1) is 13.6. The largest absolute Gasteiger partial charge is 0.286 e. The van der Waals surface area contributed by atoms with Gasteiger partial charge in [0.15, 0.2) is 0 Å². The van der Waals surface area contributed by atoms with Crippen LogP contribution in [0.15, 0.2) is 40.5 Å². The van der Waals surface area contributed by atoms with Gasteiger partial charge in [-0.25, -0.2) is 14.8 Å². The van der Waals surface area contributed by atoms with Crippen LogP contribution in [0.4, 0.5) is 4.39 Å². The highest BCUT2D eigenvalue weighted by molar-refractivity contribution is 7.18. The predicted molar refractivity (Wildman–Crippen MR) is 107 cm³/mol. The van der Waals surface area contributed by atoms with Crippen molar-refractivity contribution in [3.63, 3.8) is 0 Å². The second-order valence-corrected chi connectivity index (χ2v) is 7.86. The van der Waals surface area contributed by atoms with Crippen LogP contribution in [0, 0.1) is 5.82 Å². The molecule has 8 heteroatoms. The Kier molecular flexibility index (Phi) is 5.04. The summed E-state index contributed by atoms with van der Waals surface area (Å²) in [5.41, 5.74) is 3.51. The van der Waals surface area contributed by atoms with E-state index in [0.29, 0.717) is 5.39 Å². The summed E-state index contributed by atoms with van der Waals surface area (Å²) in [5.74, 6) is -0.901. The molecule has 0 radical (unpaired) electrons. The Bertz CT molecular complexity index is 1130. The van der Waals surface area contributed by atoms with E-state index in [2.05, 4.69) is 15.5 Å². The molecule has 28 heavy (non-hydrogen) atoms. The van der Waals surface area contributed by atoms with Gasteiger partial charge in [-0.3, -0.25) is 14.2 Å². The van der Waals surface area contributed by atoms with Gasteiger partial charge in [0.1, 0.15) is 16.7 Å². The van der Waals surface area contributed by atoms with Gasteiger partial charge in [-0.1, -0.05) is 18.2 Å². The van der Waals surface area contributed by atoms with Crippen molar-refractivity contribution in [3.05, 3.63) is 62.8 Å². The molecule has 4 rings (SSSR count). The molecule has 0 spiro atoms. The minimum Gasteiger partial charge on any atom is -0.286 e. The fraction of sp³-hybridized carbons (Fsp3) is 0.300. The Labute approximate surface area is 164 Å². The van der Waals surface area contributed by atoms with Gasteiger partial charge in [0, 0.05) is 10.4 Å². The van der Waals surface area contributed by atoms with Gasteiger partial charge in [0.25, 0.3) is 11.5 Å². The first-order valence-electron chi connectivity index (χ1n) is 9.15. The highest BCUT2D eigenvalue weighted by Gasteiger charge is 2.23. The summed E-state index contributed by atoms with van der Waals surface area (Å²) in [5, 5.41) is 4.44. The topological polar surface area (TPSA) is 76.3 Å². The molecule has 0 saturated heterocycles. The van der Waals surface area contributed by atoms with Crippen LogP contribution in [0.5, 0.6) is 0 Å². The van der Waals surface area contributed by atoms with Crippen molar-refractivity contribution >= 4 is 33.7 Å². The van der Waals surface area contributed by atoms with E-state index in [-0.39, 0.29) is 11.1 Å². The van der Waals surface area contributed by atoms with E-state index < -0.39 is 17.8 Å². The highest BCUT2D eigenvalue weighted by atomic mass is 32.1. The van der Waals surface area contributed by atoms with Gasteiger partial charge >= 0.3 is 0 Å². The third-order valence-electron chi connectivity index (χ3n) is 4.98. The molecule has 1 aliphatic rings. The number of nitrogens with one attached hydrogen (secondary N) is 1. The van der Waals surface area contributed by atoms with Crippen LogP contribution in [0.1, 0.15) is 41.8 Å². The van der Waals surface area contributed by atoms with Crippen molar-refractivity contribution in [1.29, 1.82) is 0 Å². The lowest BCUT2D eigenvalue weighted by Crippen LogP contribution is -2.34. The van der Waals surface area contributed by atoms with Crippen molar-refractivity contribution in [3.8, 4) is 0 Å². The van der Waals surface area contributed by atoms with Crippen LogP contribution >= 0.6 is 11.3 Å². The van der Waals surface area contributed by atoms with Crippen molar-refractivity contribution in [2.45, 2.75) is 38.6 Å². The summed E-state index contributed by atoms with van der Waals surface area (Å²) in [6.45, 7) is 1.61. The van der Waals surface area contributed by atoms with Gasteiger partial charge in [0.2, 0.25) is 0 Å². The number of hydrogen-bond donors (Lipinski definition) is 1. The summed E-state index contributed by atoms with van der Waals surface area (Å²) in [7, 11) is 0. The minimum absolute atomic E-state index is 0.204. The molecule has 3 aromatic rings. The zero-order chi connectivity index (χ0) is 19.7. The van der Waals surface area contributed by atoms with Gasteiger partial charge in [-0.05, 0) is 44.2 Å². The molecule has 1 unspecified atom stereocenters. The molecule has 1 N–H and O–H groups in total. The fourth-order valence-electron chi connectivity index (χ4n) is 3.40. The lowest BCUT2D eigenvalue weighted by molar-refractivity contribution is -0.123. The molecule has 1 aliphatic carbocycles. The first kappa shape index (κ1) is 18.5. The van der Waals surface area contributed by atoms with Crippen molar-refractivity contribution in [2.75, 3.05) is 0 Å². The molecule has 0 bridgehead atoms. The predicted octanol–water partition coefficient (Wildman–Crippen LogP) is 3.19. The summed E-state index contributed by atoms with van der Waals surface area (Å²) < 4.78 is 14.9. The number of aromatic nitrogens is 2. The van der Waals surface area contributed by atoms with Crippen LogP contribution in [0.2, 0.25) is 0 Å². The van der Waals surface area contributed by atoms with Crippen molar-refractivity contribution < 1.29 is 9.18 Å². The first-order valence-corrected chi connectivity index (χ1v) is 9.96. The number of benzene rings is 1. The summed E-state index contributed by atoms with van der Waals surface area (Å²) >= 11 is 1.57. The number of hydrogen-bond acceptors (Lipinski definition) is 5. The number of thiophene rings is 1. The Morgan fingerprint density at radius 3 is 2.96 bits per heavy atom. The molecule has 2 aromatic heterocycles. The van der Waals surface area contributed by atoms with Crippen LogP contribution in [0.25, 0.3) is 10.2 Å². The molecule has 1 atom stereocenters. The van der Waals surface area contributed by atoms with E-state index in [1.165, 1.54) is 28.1 Å². The maximum absolute atomic E-state index is 13.6. The van der Waals surface area contributed by atoms with Crippen molar-refractivity contribution in [2.24, 2.45) is 5.10 Å². The molecular weight excluding hydrogens is 379 g/mol. The molecule has 0 aliphatic heterocycles. The highest BCUT2D eigenvalue weighted by Crippen LogP contribution is 2.33. The van der Waals surface area contributed by atoms with E-state index in [1.807, 2.05) is 0 Å². The summed E-state index contributed by atoms with van der Waals surface area (Å²) in [6.07, 6.45) is 6.71. The standard InChI is InChI=1S/C20H19FN4O2S/c1-12(18(26)24-23-10-13-6-2-4-8-15(13)21)25-11-22-19-17(20(25)27)14-7-3-5-9-16(14)28-19/h2,4,6,8,10-12H,3,5,7,9H2,1H3,(H,24,26). The number of carbonyl (C=O) groups is 1. The maximum atomic E-state index is 13.6. The van der Waals surface area contributed by atoms with E-state index in [4.69, 9.17) is 0 Å². The number of halogens is 1. The average molecular weight is 398 g/mol. The molecule has 144 valence electrons. The summed E-state index contributed by atoms with van der Waals surface area (Å²) in [6, 6.07) is 5.33. The number of amides is 1. The SMILES string of the molecule is CC(C(=O)NN=Cc1ccccc1F)n1cnc2sc3c(c2c1=O)CCCC3. The van der Waals surface area contributed by atoms with Crippen LogP contribution < -0.4 is 11.0 Å².